The molecule has 206 valence electrons. The summed E-state index contributed by atoms with van der Waals surface area (Å²) in [7, 11) is 1.54. The van der Waals surface area contributed by atoms with Crippen molar-refractivity contribution in [3.63, 3.8) is 0 Å². The molecule has 5 rings (SSSR count). The quantitative estimate of drug-likeness (QED) is 0.381. The topological polar surface area (TPSA) is 102 Å². The molecule has 3 aromatic rings. The largest absolute Gasteiger partial charge is 0.503 e. The Bertz CT molecular complexity index is 1400. The number of Topliss-reactive ketones (excluding diaryl/α,β-unsaturated/α-hetero) is 1. The lowest BCUT2D eigenvalue weighted by Gasteiger charge is -2.30. The average molecular weight is 535 g/mol. The van der Waals surface area contributed by atoms with E-state index in [1.807, 2.05) is 32.0 Å². The maximum absolute atomic E-state index is 13.9. The Morgan fingerprint density at radius 3 is 2.62 bits per heavy atom. The number of aryl methyl sites for hydroxylation is 1. The van der Waals surface area contributed by atoms with Gasteiger partial charge in [0.1, 0.15) is 5.58 Å². The van der Waals surface area contributed by atoms with E-state index in [1.54, 1.807) is 29.2 Å². The number of ketones is 1. The predicted molar refractivity (Wildman–Crippen MR) is 145 cm³/mol. The van der Waals surface area contributed by atoms with Crippen LogP contribution < -0.4 is 9.47 Å². The van der Waals surface area contributed by atoms with Crippen LogP contribution in [0.25, 0.3) is 11.0 Å². The zero-order chi connectivity index (χ0) is 27.5. The van der Waals surface area contributed by atoms with Crippen LogP contribution in [0.4, 0.5) is 0 Å². The zero-order valence-corrected chi connectivity index (χ0v) is 22.6. The molecule has 0 radical (unpaired) electrons. The molecule has 2 aliphatic heterocycles. The molecule has 1 N–H and O–H groups in total. The van der Waals surface area contributed by atoms with Gasteiger partial charge >= 0.3 is 0 Å². The highest BCUT2D eigenvalue weighted by Gasteiger charge is 2.44. The van der Waals surface area contributed by atoms with Crippen LogP contribution in [-0.2, 0) is 9.53 Å². The second-order valence-electron chi connectivity index (χ2n) is 9.80. The van der Waals surface area contributed by atoms with Crippen LogP contribution in [0.5, 0.6) is 11.5 Å². The number of furan rings is 1. The van der Waals surface area contributed by atoms with Gasteiger partial charge < -0.3 is 28.6 Å². The Kier molecular flexibility index (Phi) is 7.90. The van der Waals surface area contributed by atoms with Gasteiger partial charge in [-0.05, 0) is 56.2 Å². The number of benzene rings is 2. The van der Waals surface area contributed by atoms with Crippen LogP contribution in [0.15, 0.2) is 58.2 Å². The summed E-state index contributed by atoms with van der Waals surface area (Å²) in [6.07, 6.45) is 0.676. The van der Waals surface area contributed by atoms with Gasteiger partial charge in [-0.25, -0.2) is 0 Å². The first kappa shape index (κ1) is 26.8. The molecule has 9 nitrogen and oxygen atoms in total. The Morgan fingerprint density at radius 1 is 1.08 bits per heavy atom. The number of carbonyl (C=O) groups excluding carboxylic acids is 2. The number of methoxy groups -OCH3 is 1. The third-order valence-corrected chi connectivity index (χ3v) is 7.22. The molecule has 0 saturated carbocycles. The maximum Gasteiger partial charge on any atom is 0.290 e. The number of nitrogens with zero attached hydrogens (tertiary/aromatic N) is 2. The lowest BCUT2D eigenvalue weighted by Crippen LogP contribution is -2.39. The van der Waals surface area contributed by atoms with E-state index in [1.165, 1.54) is 7.11 Å². The van der Waals surface area contributed by atoms with Crippen molar-refractivity contribution < 1.29 is 33.3 Å². The zero-order valence-electron chi connectivity index (χ0n) is 22.6. The van der Waals surface area contributed by atoms with Gasteiger partial charge in [-0.2, -0.15) is 0 Å². The molecule has 1 amide bonds. The highest BCUT2D eigenvalue weighted by Crippen LogP contribution is 2.42. The number of fused-ring (bicyclic) bond motifs is 1. The second kappa shape index (κ2) is 11.5. The van der Waals surface area contributed by atoms with Gasteiger partial charge in [-0.1, -0.05) is 17.7 Å². The van der Waals surface area contributed by atoms with E-state index in [0.717, 1.165) is 30.6 Å². The number of morpholine rings is 1. The third kappa shape index (κ3) is 5.37. The van der Waals surface area contributed by atoms with E-state index >= 15 is 0 Å². The summed E-state index contributed by atoms with van der Waals surface area (Å²) in [4.78, 5) is 31.1. The number of amides is 1. The van der Waals surface area contributed by atoms with Crippen molar-refractivity contribution in [1.29, 1.82) is 0 Å². The van der Waals surface area contributed by atoms with Crippen LogP contribution in [0.2, 0.25) is 0 Å². The molecule has 1 unspecified atom stereocenters. The number of carbonyl (C=O) groups is 2. The van der Waals surface area contributed by atoms with Crippen molar-refractivity contribution in [2.45, 2.75) is 26.3 Å². The van der Waals surface area contributed by atoms with Crippen molar-refractivity contribution in [3.05, 3.63) is 70.7 Å². The van der Waals surface area contributed by atoms with E-state index in [0.29, 0.717) is 55.4 Å². The fourth-order valence-corrected chi connectivity index (χ4v) is 5.29. The standard InChI is InChI=1S/C30H34N2O7/c1-4-38-23-9-7-20(17-24(23)36-3)27-26(28(33)25-18-21-16-19(2)6-8-22(21)39-25)29(34)30(35)32(27)11-5-10-31-12-14-37-15-13-31/h6-9,16-18,27,34H,4-5,10-15H2,1-3H3. The first-order valence-electron chi connectivity index (χ1n) is 13.3. The highest BCUT2D eigenvalue weighted by atomic mass is 16.5. The molecule has 0 aliphatic carbocycles. The maximum atomic E-state index is 13.9. The first-order chi connectivity index (χ1) is 18.9. The van der Waals surface area contributed by atoms with Crippen molar-refractivity contribution in [3.8, 4) is 11.5 Å². The molecular formula is C30H34N2O7. The third-order valence-electron chi connectivity index (χ3n) is 7.22. The van der Waals surface area contributed by atoms with Gasteiger partial charge in [0.05, 0.1) is 38.5 Å². The molecule has 1 saturated heterocycles. The summed E-state index contributed by atoms with van der Waals surface area (Å²) in [5.74, 6) is -0.551. The number of rotatable bonds is 10. The molecule has 39 heavy (non-hydrogen) atoms. The van der Waals surface area contributed by atoms with Crippen molar-refractivity contribution in [1.82, 2.24) is 9.80 Å². The molecular weight excluding hydrogens is 500 g/mol. The minimum atomic E-state index is -0.811. The minimum Gasteiger partial charge on any atom is -0.503 e. The smallest absolute Gasteiger partial charge is 0.290 e. The van der Waals surface area contributed by atoms with Crippen molar-refractivity contribution in [2.75, 3.05) is 53.1 Å². The normalized spacial score (nSPS) is 18.3. The molecule has 1 atom stereocenters. The SMILES string of the molecule is CCOc1ccc(C2C(C(=O)c3cc4cc(C)ccc4o3)=C(O)C(=O)N2CCCN2CCOCC2)cc1OC. The van der Waals surface area contributed by atoms with Crippen molar-refractivity contribution >= 4 is 22.7 Å². The van der Waals surface area contributed by atoms with E-state index < -0.39 is 23.5 Å². The van der Waals surface area contributed by atoms with Gasteiger partial charge in [0.25, 0.3) is 5.91 Å². The number of aliphatic hydroxyl groups is 1. The molecule has 1 aromatic heterocycles. The Morgan fingerprint density at radius 2 is 1.87 bits per heavy atom. The second-order valence-corrected chi connectivity index (χ2v) is 9.80. The summed E-state index contributed by atoms with van der Waals surface area (Å²) in [6.45, 7) is 8.49. The number of ether oxygens (including phenoxy) is 3. The van der Waals surface area contributed by atoms with Gasteiger partial charge in [0, 0.05) is 31.6 Å². The summed E-state index contributed by atoms with van der Waals surface area (Å²) < 4.78 is 22.5. The van der Waals surface area contributed by atoms with Gasteiger partial charge in [0.2, 0.25) is 5.78 Å². The number of aliphatic hydroxyl groups excluding tert-OH is 1. The Balaban J connectivity index is 1.50. The molecule has 0 bridgehead atoms. The fraction of sp³-hybridized carbons (Fsp3) is 0.400. The minimum absolute atomic E-state index is 0.00614. The van der Waals surface area contributed by atoms with Gasteiger partial charge in [-0.15, -0.1) is 0 Å². The molecule has 2 aromatic carbocycles. The van der Waals surface area contributed by atoms with Crippen LogP contribution in [0.1, 0.15) is 41.1 Å². The van der Waals surface area contributed by atoms with Gasteiger partial charge in [-0.3, -0.25) is 14.5 Å². The molecule has 1 fully saturated rings. The fourth-order valence-electron chi connectivity index (χ4n) is 5.29. The van der Waals surface area contributed by atoms with E-state index in [9.17, 15) is 14.7 Å². The van der Waals surface area contributed by atoms with E-state index in [4.69, 9.17) is 18.6 Å². The van der Waals surface area contributed by atoms with Crippen molar-refractivity contribution in [2.24, 2.45) is 0 Å². The Labute approximate surface area is 227 Å². The lowest BCUT2D eigenvalue weighted by atomic mass is 9.94. The average Bonchev–Trinajstić information content (AvgIpc) is 3.48. The van der Waals surface area contributed by atoms with Crippen LogP contribution in [0.3, 0.4) is 0 Å². The van der Waals surface area contributed by atoms with Crippen LogP contribution >= 0.6 is 0 Å². The van der Waals surface area contributed by atoms with Crippen LogP contribution in [0, 0.1) is 6.92 Å². The molecule has 3 heterocycles. The molecule has 0 spiro atoms. The van der Waals surface area contributed by atoms with E-state index in [-0.39, 0.29) is 11.3 Å². The summed E-state index contributed by atoms with van der Waals surface area (Å²) in [5.41, 5.74) is 2.23. The highest BCUT2D eigenvalue weighted by molar-refractivity contribution is 6.16. The van der Waals surface area contributed by atoms with Gasteiger partial charge in [0.15, 0.2) is 23.0 Å². The first-order valence-corrected chi connectivity index (χ1v) is 13.3. The predicted octanol–water partition coefficient (Wildman–Crippen LogP) is 4.45. The monoisotopic (exact) mass is 534 g/mol. The lowest BCUT2D eigenvalue weighted by molar-refractivity contribution is -0.129. The van der Waals surface area contributed by atoms with Crippen LogP contribution in [-0.4, -0.2) is 79.7 Å². The number of hydrogen-bond donors (Lipinski definition) is 1. The summed E-state index contributed by atoms with van der Waals surface area (Å²) >= 11 is 0. The summed E-state index contributed by atoms with van der Waals surface area (Å²) in [6, 6.07) is 11.8. The summed E-state index contributed by atoms with van der Waals surface area (Å²) in [5, 5.41) is 11.8. The van der Waals surface area contributed by atoms with E-state index in [2.05, 4.69) is 4.90 Å². The molecule has 2 aliphatic rings. The molecule has 9 heteroatoms. The number of hydrogen-bond acceptors (Lipinski definition) is 8. The Hall–Kier alpha value is -3.82.